The van der Waals surface area contributed by atoms with Gasteiger partial charge in [-0.15, -0.1) is 11.3 Å². The maximum atomic E-state index is 12.5. The van der Waals surface area contributed by atoms with Crippen molar-refractivity contribution in [2.75, 3.05) is 26.2 Å². The number of amides is 1. The molecule has 0 spiro atoms. The van der Waals surface area contributed by atoms with Crippen molar-refractivity contribution < 1.29 is 17.9 Å². The molecule has 0 radical (unpaired) electrons. The van der Waals surface area contributed by atoms with Gasteiger partial charge in [-0.3, -0.25) is 0 Å². The quantitative estimate of drug-likeness (QED) is 0.751. The van der Waals surface area contributed by atoms with Crippen LogP contribution in [-0.2, 0) is 14.8 Å². The average Bonchev–Trinajstić information content (AvgIpc) is 2.84. The molecule has 0 atom stereocenters. The van der Waals surface area contributed by atoms with Gasteiger partial charge in [0.25, 0.3) is 10.0 Å². The van der Waals surface area contributed by atoms with Gasteiger partial charge in [-0.1, -0.05) is 0 Å². The van der Waals surface area contributed by atoms with Gasteiger partial charge in [0, 0.05) is 26.2 Å². The minimum absolute atomic E-state index is 0.275. The van der Waals surface area contributed by atoms with E-state index in [0.717, 1.165) is 3.79 Å². The maximum Gasteiger partial charge on any atom is 0.410 e. The summed E-state index contributed by atoms with van der Waals surface area (Å²) in [6.07, 6.45) is -0.400. The zero-order valence-corrected chi connectivity index (χ0v) is 15.9. The molecule has 6 nitrogen and oxygen atoms in total. The first-order valence-electron chi connectivity index (χ1n) is 6.83. The van der Waals surface area contributed by atoms with E-state index in [-0.39, 0.29) is 13.1 Å². The van der Waals surface area contributed by atoms with E-state index in [1.54, 1.807) is 37.8 Å². The number of sulfonamides is 1. The summed E-state index contributed by atoms with van der Waals surface area (Å²) in [5.41, 5.74) is -0.552. The van der Waals surface area contributed by atoms with Gasteiger partial charge in [0.2, 0.25) is 0 Å². The van der Waals surface area contributed by atoms with Gasteiger partial charge in [-0.2, -0.15) is 4.31 Å². The Morgan fingerprint density at radius 3 is 2.27 bits per heavy atom. The third kappa shape index (κ3) is 4.21. The number of rotatable bonds is 2. The second kappa shape index (κ2) is 6.46. The van der Waals surface area contributed by atoms with E-state index in [4.69, 9.17) is 4.74 Å². The van der Waals surface area contributed by atoms with Crippen LogP contribution >= 0.6 is 27.3 Å². The molecule has 22 heavy (non-hydrogen) atoms. The number of hydrogen-bond acceptors (Lipinski definition) is 5. The summed E-state index contributed by atoms with van der Waals surface area (Å²) in [5, 5.41) is 0. The molecule has 1 amide bonds. The Kier molecular flexibility index (Phi) is 5.20. The Labute approximate surface area is 143 Å². The number of halogens is 1. The van der Waals surface area contributed by atoms with Crippen molar-refractivity contribution in [2.24, 2.45) is 0 Å². The molecule has 0 aromatic carbocycles. The predicted octanol–water partition coefficient (Wildman–Crippen LogP) is 2.75. The molecule has 0 unspecified atom stereocenters. The zero-order valence-electron chi connectivity index (χ0n) is 12.7. The lowest BCUT2D eigenvalue weighted by Gasteiger charge is -2.34. The smallest absolute Gasteiger partial charge is 0.410 e. The Morgan fingerprint density at radius 2 is 1.82 bits per heavy atom. The number of carbonyl (C=O) groups excluding carboxylic acids is 1. The first-order valence-corrected chi connectivity index (χ1v) is 9.88. The van der Waals surface area contributed by atoms with Crippen LogP contribution in [0.15, 0.2) is 20.1 Å². The second-order valence-electron chi connectivity index (χ2n) is 5.93. The lowest BCUT2D eigenvalue weighted by molar-refractivity contribution is 0.0192. The van der Waals surface area contributed by atoms with Crippen LogP contribution in [0.25, 0.3) is 0 Å². The van der Waals surface area contributed by atoms with Crippen molar-refractivity contribution in [3.8, 4) is 0 Å². The Balaban J connectivity index is 1.99. The number of thiophene rings is 1. The summed E-state index contributed by atoms with van der Waals surface area (Å²) in [6, 6.07) is 3.30. The molecule has 2 heterocycles. The van der Waals surface area contributed by atoms with E-state index in [1.807, 2.05) is 0 Å². The Hall–Kier alpha value is -0.640. The summed E-state index contributed by atoms with van der Waals surface area (Å²) in [6.45, 7) is 6.64. The van der Waals surface area contributed by atoms with Gasteiger partial charge in [-0.05, 0) is 48.8 Å². The molecular formula is C13H19BrN2O4S2. The fraction of sp³-hybridized carbons (Fsp3) is 0.615. The second-order valence-corrected chi connectivity index (χ2v) is 10.6. The topological polar surface area (TPSA) is 66.9 Å². The molecule has 0 N–H and O–H groups in total. The van der Waals surface area contributed by atoms with Crippen molar-refractivity contribution in [2.45, 2.75) is 30.6 Å². The third-order valence-corrected chi connectivity index (χ3v) is 7.02. The monoisotopic (exact) mass is 410 g/mol. The minimum Gasteiger partial charge on any atom is -0.444 e. The Morgan fingerprint density at radius 1 is 1.23 bits per heavy atom. The molecule has 1 aliphatic rings. The molecule has 1 saturated heterocycles. The molecule has 0 saturated carbocycles. The van der Waals surface area contributed by atoms with Gasteiger partial charge in [-0.25, -0.2) is 13.2 Å². The first-order chi connectivity index (χ1) is 10.1. The van der Waals surface area contributed by atoms with E-state index >= 15 is 0 Å². The van der Waals surface area contributed by atoms with Crippen molar-refractivity contribution in [1.82, 2.24) is 9.21 Å². The summed E-state index contributed by atoms with van der Waals surface area (Å²) >= 11 is 4.46. The summed E-state index contributed by atoms with van der Waals surface area (Å²) in [5.74, 6) is 0. The van der Waals surface area contributed by atoms with Gasteiger partial charge in [0.1, 0.15) is 9.81 Å². The molecule has 1 aliphatic heterocycles. The van der Waals surface area contributed by atoms with E-state index < -0.39 is 21.7 Å². The first kappa shape index (κ1) is 17.7. The van der Waals surface area contributed by atoms with Gasteiger partial charge >= 0.3 is 6.09 Å². The molecular weight excluding hydrogens is 392 g/mol. The molecule has 0 aliphatic carbocycles. The lowest BCUT2D eigenvalue weighted by atomic mass is 10.2. The van der Waals surface area contributed by atoms with E-state index in [1.165, 1.54) is 15.6 Å². The highest BCUT2D eigenvalue weighted by Crippen LogP contribution is 2.29. The van der Waals surface area contributed by atoms with E-state index in [9.17, 15) is 13.2 Å². The molecule has 9 heteroatoms. The standard InChI is InChI=1S/C13H19BrN2O4S2/c1-13(2,3)20-12(17)15-6-8-16(9-7-15)22(18,19)11-5-4-10(14)21-11/h4-5H,6-9H2,1-3H3. The van der Waals surface area contributed by atoms with Crippen LogP contribution in [0, 0.1) is 0 Å². The van der Waals surface area contributed by atoms with Crippen LogP contribution in [0.1, 0.15) is 20.8 Å². The lowest BCUT2D eigenvalue weighted by Crippen LogP contribution is -2.51. The predicted molar refractivity (Wildman–Crippen MR) is 88.6 cm³/mol. The van der Waals surface area contributed by atoms with Crippen LogP contribution < -0.4 is 0 Å². The number of ether oxygens (including phenoxy) is 1. The highest BCUT2D eigenvalue weighted by Gasteiger charge is 2.32. The number of hydrogen-bond donors (Lipinski definition) is 0. The molecule has 2 rings (SSSR count). The number of nitrogens with zero attached hydrogens (tertiary/aromatic N) is 2. The Bertz CT molecular complexity index is 643. The van der Waals surface area contributed by atoms with Gasteiger partial charge < -0.3 is 9.64 Å². The average molecular weight is 411 g/mol. The fourth-order valence-corrected chi connectivity index (χ4v) is 5.59. The van der Waals surface area contributed by atoms with Crippen LogP contribution in [0.2, 0.25) is 0 Å². The highest BCUT2D eigenvalue weighted by molar-refractivity contribution is 9.11. The number of piperazine rings is 1. The maximum absolute atomic E-state index is 12.5. The van der Waals surface area contributed by atoms with Gasteiger partial charge in [0.05, 0.1) is 3.79 Å². The minimum atomic E-state index is -3.48. The van der Waals surface area contributed by atoms with E-state index in [2.05, 4.69) is 15.9 Å². The normalized spacial score (nSPS) is 17.5. The highest BCUT2D eigenvalue weighted by atomic mass is 79.9. The van der Waals surface area contributed by atoms with Crippen molar-refractivity contribution >= 4 is 43.4 Å². The molecule has 124 valence electrons. The van der Waals surface area contributed by atoms with Crippen molar-refractivity contribution in [3.05, 3.63) is 15.9 Å². The molecule has 1 fully saturated rings. The molecule has 0 bridgehead atoms. The van der Waals surface area contributed by atoms with E-state index in [0.29, 0.717) is 17.3 Å². The van der Waals surface area contributed by atoms with Crippen molar-refractivity contribution in [3.63, 3.8) is 0 Å². The van der Waals surface area contributed by atoms with Gasteiger partial charge in [0.15, 0.2) is 0 Å². The zero-order chi connectivity index (χ0) is 16.5. The third-order valence-electron chi connectivity index (χ3n) is 3.03. The summed E-state index contributed by atoms with van der Waals surface area (Å²) in [7, 11) is -3.48. The van der Waals surface area contributed by atoms with Crippen LogP contribution in [0.3, 0.4) is 0 Å². The van der Waals surface area contributed by atoms with Crippen LogP contribution in [0.4, 0.5) is 4.79 Å². The SMILES string of the molecule is CC(C)(C)OC(=O)N1CCN(S(=O)(=O)c2ccc(Br)s2)CC1. The summed E-state index contributed by atoms with van der Waals surface area (Å²) in [4.78, 5) is 13.5. The number of carbonyl (C=O) groups is 1. The largest absolute Gasteiger partial charge is 0.444 e. The molecule has 1 aromatic heterocycles. The fourth-order valence-electron chi connectivity index (χ4n) is 2.00. The molecule has 1 aromatic rings. The summed E-state index contributed by atoms with van der Waals surface area (Å²) < 4.78 is 32.8. The van der Waals surface area contributed by atoms with Crippen LogP contribution in [0.5, 0.6) is 0 Å². The van der Waals surface area contributed by atoms with Crippen LogP contribution in [-0.4, -0.2) is 55.5 Å². The van der Waals surface area contributed by atoms with Crippen molar-refractivity contribution in [1.29, 1.82) is 0 Å².